The van der Waals surface area contributed by atoms with E-state index < -0.39 is 28.9 Å². The standard InChI is InChI=1S/C14H9Cl2NO5/c15-7-2-1-6(14(21)22)5-9(7)17-13(20)11-10(18)4-3-8(16)12(11)19/h1-5,18-19H,(H,17,20)(H,21,22). The van der Waals surface area contributed by atoms with Crippen molar-refractivity contribution in [1.82, 2.24) is 0 Å². The van der Waals surface area contributed by atoms with Crippen molar-refractivity contribution < 1.29 is 24.9 Å². The molecule has 0 aliphatic carbocycles. The number of amides is 1. The number of carbonyl (C=O) groups is 2. The van der Waals surface area contributed by atoms with Crippen molar-refractivity contribution in [2.75, 3.05) is 5.32 Å². The van der Waals surface area contributed by atoms with Gasteiger partial charge in [-0.05, 0) is 30.3 Å². The molecule has 0 spiro atoms. The zero-order valence-corrected chi connectivity index (χ0v) is 12.3. The normalized spacial score (nSPS) is 10.3. The van der Waals surface area contributed by atoms with Gasteiger partial charge in [-0.3, -0.25) is 4.79 Å². The third-order valence-corrected chi connectivity index (χ3v) is 3.43. The summed E-state index contributed by atoms with van der Waals surface area (Å²) < 4.78 is 0. The number of hydrogen-bond donors (Lipinski definition) is 4. The van der Waals surface area contributed by atoms with Crippen molar-refractivity contribution in [2.24, 2.45) is 0 Å². The summed E-state index contributed by atoms with van der Waals surface area (Å²) >= 11 is 11.6. The van der Waals surface area contributed by atoms with E-state index in [2.05, 4.69) is 5.32 Å². The molecule has 0 saturated carbocycles. The zero-order valence-electron chi connectivity index (χ0n) is 10.8. The molecule has 6 nitrogen and oxygen atoms in total. The summed E-state index contributed by atoms with van der Waals surface area (Å²) in [7, 11) is 0. The van der Waals surface area contributed by atoms with Crippen molar-refractivity contribution in [1.29, 1.82) is 0 Å². The number of benzene rings is 2. The van der Waals surface area contributed by atoms with Crippen LogP contribution in [0.15, 0.2) is 30.3 Å². The molecule has 0 aromatic heterocycles. The molecule has 0 heterocycles. The van der Waals surface area contributed by atoms with Gasteiger partial charge in [0.15, 0.2) is 5.75 Å². The Hall–Kier alpha value is -2.44. The Morgan fingerprint density at radius 2 is 1.64 bits per heavy atom. The number of carboxylic acids is 1. The van der Waals surface area contributed by atoms with Gasteiger partial charge in [0.2, 0.25) is 0 Å². The Bertz CT molecular complexity index is 776. The maximum Gasteiger partial charge on any atom is 0.335 e. The van der Waals surface area contributed by atoms with Crippen LogP contribution in [0.1, 0.15) is 20.7 Å². The number of hydrogen-bond acceptors (Lipinski definition) is 4. The van der Waals surface area contributed by atoms with E-state index in [-0.39, 0.29) is 21.3 Å². The smallest absolute Gasteiger partial charge is 0.335 e. The van der Waals surface area contributed by atoms with Crippen LogP contribution in [0.5, 0.6) is 11.5 Å². The van der Waals surface area contributed by atoms with E-state index in [9.17, 15) is 19.8 Å². The number of aromatic carboxylic acids is 1. The summed E-state index contributed by atoms with van der Waals surface area (Å²) in [5.41, 5.74) is -0.506. The van der Waals surface area contributed by atoms with E-state index in [1.54, 1.807) is 0 Å². The van der Waals surface area contributed by atoms with Gasteiger partial charge in [0, 0.05) is 0 Å². The highest BCUT2D eigenvalue weighted by molar-refractivity contribution is 6.34. The lowest BCUT2D eigenvalue weighted by Crippen LogP contribution is -2.13. The first-order chi connectivity index (χ1) is 10.3. The van der Waals surface area contributed by atoms with Crippen LogP contribution >= 0.6 is 23.2 Å². The molecule has 8 heteroatoms. The number of halogens is 2. The Kier molecular flexibility index (Phi) is 4.44. The monoisotopic (exact) mass is 341 g/mol. The molecule has 0 saturated heterocycles. The van der Waals surface area contributed by atoms with Crippen molar-refractivity contribution in [3.8, 4) is 11.5 Å². The number of anilines is 1. The van der Waals surface area contributed by atoms with E-state index in [1.165, 1.54) is 18.2 Å². The van der Waals surface area contributed by atoms with E-state index in [0.29, 0.717) is 0 Å². The lowest BCUT2D eigenvalue weighted by molar-refractivity contribution is 0.0696. The van der Waals surface area contributed by atoms with Gasteiger partial charge in [-0.25, -0.2) is 4.79 Å². The van der Waals surface area contributed by atoms with Crippen molar-refractivity contribution in [3.63, 3.8) is 0 Å². The second kappa shape index (κ2) is 6.13. The van der Waals surface area contributed by atoms with Crippen LogP contribution in [0.4, 0.5) is 5.69 Å². The molecule has 2 aromatic carbocycles. The van der Waals surface area contributed by atoms with Crippen molar-refractivity contribution >= 4 is 40.8 Å². The molecule has 0 radical (unpaired) electrons. The van der Waals surface area contributed by atoms with Gasteiger partial charge < -0.3 is 20.6 Å². The molecule has 0 fully saturated rings. The Morgan fingerprint density at radius 3 is 2.27 bits per heavy atom. The van der Waals surface area contributed by atoms with Crippen LogP contribution in [-0.2, 0) is 0 Å². The van der Waals surface area contributed by atoms with Gasteiger partial charge in [0.25, 0.3) is 5.91 Å². The largest absolute Gasteiger partial charge is 0.507 e. The first-order valence-electron chi connectivity index (χ1n) is 5.86. The van der Waals surface area contributed by atoms with Gasteiger partial charge in [-0.2, -0.15) is 0 Å². The summed E-state index contributed by atoms with van der Waals surface area (Å²) in [6.07, 6.45) is 0. The predicted molar refractivity (Wildman–Crippen MR) is 81.1 cm³/mol. The van der Waals surface area contributed by atoms with E-state index in [1.807, 2.05) is 0 Å². The third kappa shape index (κ3) is 3.08. The quantitative estimate of drug-likeness (QED) is 0.684. The van der Waals surface area contributed by atoms with E-state index >= 15 is 0 Å². The Morgan fingerprint density at radius 1 is 1.00 bits per heavy atom. The van der Waals surface area contributed by atoms with Gasteiger partial charge >= 0.3 is 5.97 Å². The molecule has 22 heavy (non-hydrogen) atoms. The molecule has 0 aliphatic rings. The average molecular weight is 342 g/mol. The molecule has 4 N–H and O–H groups in total. The average Bonchev–Trinajstić information content (AvgIpc) is 2.45. The molecule has 0 unspecified atom stereocenters. The Balaban J connectivity index is 2.40. The molecule has 0 aliphatic heterocycles. The first kappa shape index (κ1) is 15.9. The fourth-order valence-electron chi connectivity index (χ4n) is 1.72. The molecule has 2 rings (SSSR count). The predicted octanol–water partition coefficient (Wildman–Crippen LogP) is 3.36. The van der Waals surface area contributed by atoms with E-state index in [0.717, 1.165) is 12.1 Å². The zero-order chi connectivity index (χ0) is 16.4. The van der Waals surface area contributed by atoms with Crippen LogP contribution in [0.25, 0.3) is 0 Å². The van der Waals surface area contributed by atoms with Crippen molar-refractivity contribution in [2.45, 2.75) is 0 Å². The van der Waals surface area contributed by atoms with Gasteiger partial charge in [-0.1, -0.05) is 23.2 Å². The Labute approximate surface area is 134 Å². The molecular weight excluding hydrogens is 333 g/mol. The number of phenols is 2. The molecule has 0 atom stereocenters. The second-order valence-electron chi connectivity index (χ2n) is 4.24. The summed E-state index contributed by atoms with van der Waals surface area (Å²) in [5, 5.41) is 30.6. The van der Waals surface area contributed by atoms with Crippen LogP contribution in [0.3, 0.4) is 0 Å². The summed E-state index contributed by atoms with van der Waals surface area (Å²) in [6, 6.07) is 6.10. The number of aromatic hydroxyl groups is 2. The highest BCUT2D eigenvalue weighted by Crippen LogP contribution is 2.34. The molecule has 0 bridgehead atoms. The van der Waals surface area contributed by atoms with Crippen LogP contribution < -0.4 is 5.32 Å². The topological polar surface area (TPSA) is 107 Å². The lowest BCUT2D eigenvalue weighted by Gasteiger charge is -2.11. The van der Waals surface area contributed by atoms with Gasteiger partial charge in [-0.15, -0.1) is 0 Å². The first-order valence-corrected chi connectivity index (χ1v) is 6.61. The third-order valence-electron chi connectivity index (χ3n) is 2.80. The minimum atomic E-state index is -1.19. The van der Waals surface area contributed by atoms with Crippen LogP contribution in [-0.4, -0.2) is 27.2 Å². The number of nitrogens with one attached hydrogen (secondary N) is 1. The summed E-state index contributed by atoms with van der Waals surface area (Å²) in [4.78, 5) is 23.1. The van der Waals surface area contributed by atoms with Crippen molar-refractivity contribution in [3.05, 3.63) is 51.5 Å². The highest BCUT2D eigenvalue weighted by Gasteiger charge is 2.20. The highest BCUT2D eigenvalue weighted by atomic mass is 35.5. The van der Waals surface area contributed by atoms with E-state index in [4.69, 9.17) is 28.3 Å². The lowest BCUT2D eigenvalue weighted by atomic mass is 10.1. The summed E-state index contributed by atoms with van der Waals surface area (Å²) in [5.74, 6) is -3.16. The number of carboxylic acid groups (broad SMARTS) is 1. The maximum absolute atomic E-state index is 12.1. The van der Waals surface area contributed by atoms with Crippen LogP contribution in [0.2, 0.25) is 10.0 Å². The molecule has 1 amide bonds. The molecule has 114 valence electrons. The molecule has 2 aromatic rings. The van der Waals surface area contributed by atoms with Gasteiger partial charge in [0.1, 0.15) is 11.3 Å². The van der Waals surface area contributed by atoms with Crippen LogP contribution in [0, 0.1) is 0 Å². The SMILES string of the molecule is O=C(O)c1ccc(Cl)c(NC(=O)c2c(O)ccc(Cl)c2O)c1. The fraction of sp³-hybridized carbons (Fsp3) is 0. The number of carbonyl (C=O) groups excluding carboxylic acids is 1. The second-order valence-corrected chi connectivity index (χ2v) is 5.06. The summed E-state index contributed by atoms with van der Waals surface area (Å²) in [6.45, 7) is 0. The van der Waals surface area contributed by atoms with Gasteiger partial charge in [0.05, 0.1) is 21.3 Å². The minimum Gasteiger partial charge on any atom is -0.507 e. The number of rotatable bonds is 3. The molecular formula is C14H9Cl2NO5. The minimum absolute atomic E-state index is 0.0188. The number of phenolic OH excluding ortho intramolecular Hbond substituents is 2. The maximum atomic E-state index is 12.1. The fourth-order valence-corrected chi connectivity index (χ4v) is 2.04.